The summed E-state index contributed by atoms with van der Waals surface area (Å²) in [5.74, 6) is 1.77. The third-order valence-corrected chi connectivity index (χ3v) is 3.14. The Morgan fingerprint density at radius 1 is 1.44 bits per heavy atom. The number of methoxy groups -OCH3 is 1. The lowest BCUT2D eigenvalue weighted by molar-refractivity contribution is 0.0119. The number of nitrogens with zero attached hydrogens (tertiary/aromatic N) is 2. The third-order valence-electron chi connectivity index (χ3n) is 3.14. The molecule has 4 nitrogen and oxygen atoms in total. The third kappa shape index (κ3) is 5.19. The lowest BCUT2D eigenvalue weighted by Crippen LogP contribution is -2.26. The average Bonchev–Trinajstić information content (AvgIpc) is 2.74. The molecule has 0 aliphatic heterocycles. The Kier molecular flexibility index (Phi) is 5.82. The van der Waals surface area contributed by atoms with Gasteiger partial charge in [-0.2, -0.15) is 0 Å². The van der Waals surface area contributed by atoms with Crippen molar-refractivity contribution in [2.24, 2.45) is 5.92 Å². The summed E-state index contributed by atoms with van der Waals surface area (Å²) in [6, 6.07) is 0. The van der Waals surface area contributed by atoms with E-state index in [0.29, 0.717) is 5.92 Å². The Morgan fingerprint density at radius 2 is 2.17 bits per heavy atom. The van der Waals surface area contributed by atoms with E-state index in [9.17, 15) is 0 Å². The molecule has 18 heavy (non-hydrogen) atoms. The number of hydrogen-bond donors (Lipinski definition) is 1. The van der Waals surface area contributed by atoms with Gasteiger partial charge in [-0.05, 0) is 32.7 Å². The van der Waals surface area contributed by atoms with Crippen molar-refractivity contribution in [3.63, 3.8) is 0 Å². The van der Waals surface area contributed by atoms with E-state index in [2.05, 4.69) is 42.6 Å². The predicted octanol–water partition coefficient (Wildman–Crippen LogP) is 2.44. The van der Waals surface area contributed by atoms with Gasteiger partial charge in [-0.25, -0.2) is 4.98 Å². The van der Waals surface area contributed by atoms with Gasteiger partial charge in [0.25, 0.3) is 0 Å². The Morgan fingerprint density at radius 3 is 2.78 bits per heavy atom. The quantitative estimate of drug-likeness (QED) is 0.773. The van der Waals surface area contributed by atoms with Gasteiger partial charge in [0.2, 0.25) is 0 Å². The molecule has 104 valence electrons. The molecule has 4 heteroatoms. The second-order valence-corrected chi connectivity index (χ2v) is 5.78. The maximum atomic E-state index is 5.44. The number of hydrogen-bond acceptors (Lipinski definition) is 3. The first kappa shape index (κ1) is 15.2. The molecule has 0 saturated carbocycles. The van der Waals surface area contributed by atoms with Crippen LogP contribution in [0, 0.1) is 5.92 Å². The molecule has 0 aliphatic carbocycles. The zero-order valence-corrected chi connectivity index (χ0v) is 12.4. The average molecular weight is 253 g/mol. The van der Waals surface area contributed by atoms with E-state index in [4.69, 9.17) is 4.74 Å². The molecule has 0 bridgehead atoms. The Bertz CT molecular complexity index is 345. The van der Waals surface area contributed by atoms with E-state index in [0.717, 1.165) is 31.9 Å². The van der Waals surface area contributed by atoms with Gasteiger partial charge in [0, 0.05) is 26.0 Å². The van der Waals surface area contributed by atoms with Crippen LogP contribution in [0.2, 0.25) is 0 Å². The fourth-order valence-corrected chi connectivity index (χ4v) is 1.68. The van der Waals surface area contributed by atoms with Crippen LogP contribution in [-0.2, 0) is 17.8 Å². The van der Waals surface area contributed by atoms with E-state index < -0.39 is 0 Å². The van der Waals surface area contributed by atoms with Gasteiger partial charge >= 0.3 is 0 Å². The van der Waals surface area contributed by atoms with E-state index in [1.807, 2.05) is 12.4 Å². The molecule has 1 aromatic heterocycles. The topological polar surface area (TPSA) is 39.1 Å². The van der Waals surface area contributed by atoms with E-state index in [1.54, 1.807) is 7.11 Å². The van der Waals surface area contributed by atoms with Gasteiger partial charge < -0.3 is 14.6 Å². The Hall–Kier alpha value is -0.870. The first-order valence-corrected chi connectivity index (χ1v) is 6.70. The SMILES string of the molecule is COC(C)(C)CCn1ccnc1CNCC(C)C. The molecule has 1 rings (SSSR count). The fraction of sp³-hybridized carbons (Fsp3) is 0.786. The summed E-state index contributed by atoms with van der Waals surface area (Å²) in [6.45, 7) is 11.4. The van der Waals surface area contributed by atoms with E-state index in [-0.39, 0.29) is 5.60 Å². The molecule has 0 unspecified atom stereocenters. The highest BCUT2D eigenvalue weighted by Gasteiger charge is 2.16. The predicted molar refractivity (Wildman–Crippen MR) is 74.5 cm³/mol. The van der Waals surface area contributed by atoms with Crippen LogP contribution in [0.15, 0.2) is 12.4 Å². The normalized spacial score (nSPS) is 12.3. The standard InChI is InChI=1S/C14H27N3O/c1-12(2)10-15-11-13-16-7-9-17(13)8-6-14(3,4)18-5/h7,9,12,15H,6,8,10-11H2,1-5H3. The minimum absolute atomic E-state index is 0.0765. The summed E-state index contributed by atoms with van der Waals surface area (Å²) in [7, 11) is 1.76. The smallest absolute Gasteiger partial charge is 0.122 e. The van der Waals surface area contributed by atoms with Crippen molar-refractivity contribution in [2.45, 2.75) is 52.8 Å². The summed E-state index contributed by atoms with van der Waals surface area (Å²) in [4.78, 5) is 4.40. The lowest BCUT2D eigenvalue weighted by Gasteiger charge is -2.23. The van der Waals surface area contributed by atoms with Gasteiger partial charge in [0.15, 0.2) is 0 Å². The second-order valence-electron chi connectivity index (χ2n) is 5.78. The molecule has 1 N–H and O–H groups in total. The summed E-state index contributed by atoms with van der Waals surface area (Å²) in [5.41, 5.74) is -0.0765. The van der Waals surface area contributed by atoms with Crippen LogP contribution in [0.25, 0.3) is 0 Å². The molecule has 0 saturated heterocycles. The van der Waals surface area contributed by atoms with Crippen LogP contribution in [-0.4, -0.2) is 28.8 Å². The summed E-state index contributed by atoms with van der Waals surface area (Å²) >= 11 is 0. The van der Waals surface area contributed by atoms with Crippen molar-refractivity contribution in [1.82, 2.24) is 14.9 Å². The Balaban J connectivity index is 2.44. The van der Waals surface area contributed by atoms with Gasteiger partial charge in [-0.3, -0.25) is 0 Å². The first-order valence-electron chi connectivity index (χ1n) is 6.70. The van der Waals surface area contributed by atoms with Crippen LogP contribution in [0.1, 0.15) is 39.9 Å². The van der Waals surface area contributed by atoms with Crippen LogP contribution in [0.5, 0.6) is 0 Å². The van der Waals surface area contributed by atoms with Crippen molar-refractivity contribution in [3.05, 3.63) is 18.2 Å². The van der Waals surface area contributed by atoms with Crippen molar-refractivity contribution < 1.29 is 4.74 Å². The van der Waals surface area contributed by atoms with Crippen molar-refractivity contribution in [2.75, 3.05) is 13.7 Å². The largest absolute Gasteiger partial charge is 0.379 e. The number of imidazole rings is 1. The maximum absolute atomic E-state index is 5.44. The molecule has 0 radical (unpaired) electrons. The van der Waals surface area contributed by atoms with E-state index in [1.165, 1.54) is 0 Å². The first-order chi connectivity index (χ1) is 8.44. The molecule has 0 spiro atoms. The zero-order chi connectivity index (χ0) is 13.6. The monoisotopic (exact) mass is 253 g/mol. The van der Waals surface area contributed by atoms with Gasteiger partial charge in [0.05, 0.1) is 12.1 Å². The molecule has 1 aromatic rings. The highest BCUT2D eigenvalue weighted by Crippen LogP contribution is 2.14. The minimum Gasteiger partial charge on any atom is -0.379 e. The molecule has 0 atom stereocenters. The van der Waals surface area contributed by atoms with Gasteiger partial charge in [-0.15, -0.1) is 0 Å². The van der Waals surface area contributed by atoms with E-state index >= 15 is 0 Å². The van der Waals surface area contributed by atoms with Crippen LogP contribution >= 0.6 is 0 Å². The highest BCUT2D eigenvalue weighted by molar-refractivity contribution is 4.92. The number of aryl methyl sites for hydroxylation is 1. The second kappa shape index (κ2) is 6.90. The van der Waals surface area contributed by atoms with Crippen molar-refractivity contribution in [1.29, 1.82) is 0 Å². The van der Waals surface area contributed by atoms with Crippen LogP contribution in [0.4, 0.5) is 0 Å². The Labute approximate surface area is 111 Å². The fourth-order valence-electron chi connectivity index (χ4n) is 1.68. The molecule has 0 aliphatic rings. The zero-order valence-electron chi connectivity index (χ0n) is 12.4. The number of nitrogens with one attached hydrogen (secondary N) is 1. The summed E-state index contributed by atoms with van der Waals surface area (Å²) in [5, 5.41) is 3.42. The van der Waals surface area contributed by atoms with Crippen LogP contribution < -0.4 is 5.32 Å². The van der Waals surface area contributed by atoms with Gasteiger partial charge in [-0.1, -0.05) is 13.8 Å². The van der Waals surface area contributed by atoms with Crippen molar-refractivity contribution >= 4 is 0 Å². The molecule has 1 heterocycles. The van der Waals surface area contributed by atoms with Crippen molar-refractivity contribution in [3.8, 4) is 0 Å². The number of aromatic nitrogens is 2. The van der Waals surface area contributed by atoms with Gasteiger partial charge in [0.1, 0.15) is 5.82 Å². The summed E-state index contributed by atoms with van der Waals surface area (Å²) < 4.78 is 7.64. The molecular weight excluding hydrogens is 226 g/mol. The van der Waals surface area contributed by atoms with Crippen LogP contribution in [0.3, 0.4) is 0 Å². The summed E-state index contributed by atoms with van der Waals surface area (Å²) in [6.07, 6.45) is 4.89. The number of rotatable bonds is 8. The molecular formula is C14H27N3O. The number of ether oxygens (including phenoxy) is 1. The molecule has 0 fully saturated rings. The minimum atomic E-state index is -0.0765. The highest BCUT2D eigenvalue weighted by atomic mass is 16.5. The lowest BCUT2D eigenvalue weighted by atomic mass is 10.1. The maximum Gasteiger partial charge on any atom is 0.122 e. The molecule has 0 amide bonds. The molecule has 0 aromatic carbocycles.